The molecule has 5 nitrogen and oxygen atoms in total. The molecular weight excluding hydrogens is 757 g/mol. The lowest BCUT2D eigenvalue weighted by atomic mass is 9.65. The topological polar surface area (TPSA) is 64.7 Å². The number of pyridine rings is 2. The second-order valence-electron chi connectivity index (χ2n) is 16.1. The molecule has 1 spiro atoms. The van der Waals surface area contributed by atoms with Crippen LogP contribution < -0.4 is 0 Å². The van der Waals surface area contributed by atoms with Gasteiger partial charge in [-0.1, -0.05) is 133 Å². The second kappa shape index (κ2) is 13.4. The van der Waals surface area contributed by atoms with Crippen molar-refractivity contribution in [2.75, 3.05) is 0 Å². The summed E-state index contributed by atoms with van der Waals surface area (Å²) < 4.78 is 6.69. The summed E-state index contributed by atoms with van der Waals surface area (Å²) in [4.78, 5) is 19.9. The van der Waals surface area contributed by atoms with E-state index in [-0.39, 0.29) is 0 Å². The highest BCUT2D eigenvalue weighted by atomic mass is 16.3. The summed E-state index contributed by atoms with van der Waals surface area (Å²) in [6, 6.07) is 67.1. The van der Waals surface area contributed by atoms with E-state index in [4.69, 9.17) is 19.4 Å². The summed E-state index contributed by atoms with van der Waals surface area (Å²) in [5.41, 5.74) is 19.4. The molecule has 62 heavy (non-hydrogen) atoms. The number of fused-ring (bicyclic) bond motifs is 15. The molecule has 5 heteroatoms. The first-order valence-corrected chi connectivity index (χ1v) is 20.9. The summed E-state index contributed by atoms with van der Waals surface area (Å²) in [7, 11) is 0. The fraction of sp³-hybridized carbons (Fsp3) is 0.0175. The van der Waals surface area contributed by atoms with Gasteiger partial charge in [-0.3, -0.25) is 9.97 Å². The molecule has 0 amide bonds. The molecule has 2 aliphatic carbocycles. The molecule has 11 aromatic rings. The van der Waals surface area contributed by atoms with Gasteiger partial charge in [0.1, 0.15) is 11.2 Å². The third kappa shape index (κ3) is 5.02. The quantitative estimate of drug-likeness (QED) is 0.178. The predicted octanol–water partition coefficient (Wildman–Crippen LogP) is 13.8. The molecule has 0 radical (unpaired) electrons. The van der Waals surface area contributed by atoms with Gasteiger partial charge in [0, 0.05) is 51.6 Å². The Balaban J connectivity index is 1.10. The Kier molecular flexibility index (Phi) is 7.45. The lowest BCUT2D eigenvalue weighted by molar-refractivity contribution is 0.666. The predicted molar refractivity (Wildman–Crippen MR) is 248 cm³/mol. The van der Waals surface area contributed by atoms with Gasteiger partial charge in [0.2, 0.25) is 0 Å². The number of hydrogen-bond acceptors (Lipinski definition) is 5. The minimum Gasteiger partial charge on any atom is -0.456 e. The van der Waals surface area contributed by atoms with Crippen LogP contribution in [0.5, 0.6) is 0 Å². The number of furan rings is 1. The Bertz CT molecular complexity index is 3580. The average Bonchev–Trinajstić information content (AvgIpc) is 3.82. The molecule has 1 unspecified atom stereocenters. The van der Waals surface area contributed by atoms with Crippen LogP contribution >= 0.6 is 0 Å². The molecule has 0 N–H and O–H groups in total. The second-order valence-corrected chi connectivity index (χ2v) is 16.1. The molecule has 0 saturated heterocycles. The van der Waals surface area contributed by atoms with E-state index in [1.807, 2.05) is 42.7 Å². The van der Waals surface area contributed by atoms with Crippen molar-refractivity contribution in [2.24, 2.45) is 0 Å². The molecule has 0 bridgehead atoms. The molecule has 0 aliphatic heterocycles. The van der Waals surface area contributed by atoms with Crippen LogP contribution in [0.25, 0.3) is 100 Å². The van der Waals surface area contributed by atoms with E-state index in [9.17, 15) is 0 Å². The zero-order valence-electron chi connectivity index (χ0n) is 33.3. The van der Waals surface area contributed by atoms with Crippen LogP contribution in [-0.4, -0.2) is 19.9 Å². The molecule has 7 aromatic carbocycles. The number of aromatic nitrogens is 4. The van der Waals surface area contributed by atoms with Gasteiger partial charge in [0.15, 0.2) is 5.82 Å². The molecule has 0 fully saturated rings. The van der Waals surface area contributed by atoms with Crippen molar-refractivity contribution < 1.29 is 4.42 Å². The molecule has 2 aliphatic rings. The summed E-state index contributed by atoms with van der Waals surface area (Å²) in [5.74, 6) is 0.640. The zero-order chi connectivity index (χ0) is 40.8. The molecule has 4 heterocycles. The third-order valence-corrected chi connectivity index (χ3v) is 12.9. The Hall–Kier alpha value is -8.28. The van der Waals surface area contributed by atoms with Crippen molar-refractivity contribution in [1.82, 2.24) is 19.9 Å². The van der Waals surface area contributed by atoms with Crippen molar-refractivity contribution in [1.29, 1.82) is 0 Å². The molecular formula is C57H34N4O. The molecule has 13 rings (SSSR count). The van der Waals surface area contributed by atoms with E-state index in [0.29, 0.717) is 5.82 Å². The summed E-state index contributed by atoms with van der Waals surface area (Å²) in [6.45, 7) is 0. The first-order chi connectivity index (χ1) is 30.7. The highest BCUT2D eigenvalue weighted by molar-refractivity contribution is 6.09. The van der Waals surface area contributed by atoms with E-state index in [1.54, 1.807) is 6.20 Å². The largest absolute Gasteiger partial charge is 0.456 e. The SMILES string of the molecule is c1ccc(-c2cc(-c3ccc(-c4cccnc4)nc3)nc(-c3ccc4c(c3)C3(c5ccccc5-c5ccccc5-4)c4ccccc4-c4cc5c(cc43)oc3ccccc35)n2)cc1. The van der Waals surface area contributed by atoms with E-state index in [1.165, 1.54) is 55.6 Å². The van der Waals surface area contributed by atoms with Gasteiger partial charge in [-0.25, -0.2) is 9.97 Å². The monoisotopic (exact) mass is 790 g/mol. The lowest BCUT2D eigenvalue weighted by Crippen LogP contribution is -2.29. The zero-order valence-corrected chi connectivity index (χ0v) is 33.3. The first-order valence-electron chi connectivity index (χ1n) is 20.9. The Labute approximate surface area is 357 Å². The van der Waals surface area contributed by atoms with E-state index < -0.39 is 5.41 Å². The van der Waals surface area contributed by atoms with E-state index in [0.717, 1.165) is 61.3 Å². The minimum atomic E-state index is -0.716. The number of rotatable bonds is 4. The maximum atomic E-state index is 6.69. The molecule has 0 saturated carbocycles. The average molecular weight is 791 g/mol. The highest BCUT2D eigenvalue weighted by Crippen LogP contribution is 2.62. The standard InChI is InChI=1S/C57H34N4O/c1-2-13-35(14-3-1)52-32-53(38-25-27-51(59-34-38)37-15-12-28-58-33-37)61-56(60-52)36-24-26-43-40-17-5-4-16-39(40)41-18-6-9-21-47(41)57(49(43)29-36)48-22-10-7-19-42(48)45-30-46-44-20-8-11-23-54(44)62-55(46)31-50(45)57/h1-34H. The van der Waals surface area contributed by atoms with Gasteiger partial charge >= 0.3 is 0 Å². The van der Waals surface area contributed by atoms with Crippen LogP contribution in [0.15, 0.2) is 211 Å². The Morgan fingerprint density at radius 1 is 0.355 bits per heavy atom. The summed E-state index contributed by atoms with van der Waals surface area (Å²) in [5, 5.41) is 2.24. The summed E-state index contributed by atoms with van der Waals surface area (Å²) >= 11 is 0. The van der Waals surface area contributed by atoms with Crippen LogP contribution in [0.1, 0.15) is 22.3 Å². The Morgan fingerprint density at radius 3 is 1.71 bits per heavy atom. The van der Waals surface area contributed by atoms with E-state index >= 15 is 0 Å². The summed E-state index contributed by atoms with van der Waals surface area (Å²) in [6.07, 6.45) is 5.51. The fourth-order valence-electron chi connectivity index (χ4n) is 10.2. The molecule has 288 valence electrons. The van der Waals surface area contributed by atoms with Gasteiger partial charge in [-0.15, -0.1) is 0 Å². The van der Waals surface area contributed by atoms with E-state index in [2.05, 4.69) is 163 Å². The highest BCUT2D eigenvalue weighted by Gasteiger charge is 2.50. The third-order valence-electron chi connectivity index (χ3n) is 12.9. The van der Waals surface area contributed by atoms with Gasteiger partial charge in [0.05, 0.1) is 22.5 Å². The first kappa shape index (κ1) is 34.6. The smallest absolute Gasteiger partial charge is 0.160 e. The maximum Gasteiger partial charge on any atom is 0.160 e. The number of para-hydroxylation sites is 1. The van der Waals surface area contributed by atoms with Gasteiger partial charge in [-0.2, -0.15) is 0 Å². The number of benzene rings is 7. The molecule has 1 atom stereocenters. The van der Waals surface area contributed by atoms with Crippen molar-refractivity contribution >= 4 is 21.9 Å². The van der Waals surface area contributed by atoms with Crippen LogP contribution in [-0.2, 0) is 5.41 Å². The van der Waals surface area contributed by atoms with Gasteiger partial charge in [-0.05, 0) is 110 Å². The maximum absolute atomic E-state index is 6.69. The minimum absolute atomic E-state index is 0.640. The fourth-order valence-corrected chi connectivity index (χ4v) is 10.2. The van der Waals surface area contributed by atoms with Crippen molar-refractivity contribution in [3.05, 3.63) is 229 Å². The normalized spacial score (nSPS) is 14.5. The van der Waals surface area contributed by atoms with Crippen LogP contribution in [0, 0.1) is 0 Å². The van der Waals surface area contributed by atoms with Crippen molar-refractivity contribution in [2.45, 2.75) is 5.41 Å². The van der Waals surface area contributed by atoms with Crippen molar-refractivity contribution in [3.8, 4) is 78.5 Å². The Morgan fingerprint density at radius 2 is 0.968 bits per heavy atom. The number of hydrogen-bond donors (Lipinski definition) is 0. The van der Waals surface area contributed by atoms with Crippen LogP contribution in [0.3, 0.4) is 0 Å². The van der Waals surface area contributed by atoms with Gasteiger partial charge in [0.25, 0.3) is 0 Å². The van der Waals surface area contributed by atoms with Crippen LogP contribution in [0.4, 0.5) is 0 Å². The molecule has 4 aromatic heterocycles. The van der Waals surface area contributed by atoms with Gasteiger partial charge < -0.3 is 4.42 Å². The number of nitrogens with zero attached hydrogens (tertiary/aromatic N) is 4. The lowest BCUT2D eigenvalue weighted by Gasteiger charge is -2.35. The van der Waals surface area contributed by atoms with Crippen LogP contribution in [0.2, 0.25) is 0 Å². The van der Waals surface area contributed by atoms with Crippen molar-refractivity contribution in [3.63, 3.8) is 0 Å².